The molecular formula is C12H13NO3. The Kier molecular flexibility index (Phi) is 4.03. The summed E-state index contributed by atoms with van der Waals surface area (Å²) in [6, 6.07) is 5.09. The number of ether oxygens (including phenoxy) is 1. The lowest BCUT2D eigenvalue weighted by atomic mass is 10.00. The second-order valence-electron chi connectivity index (χ2n) is 3.31. The number of carbonyl (C=O) groups excluding carboxylic acids is 1. The average Bonchev–Trinajstić information content (AvgIpc) is 2.29. The summed E-state index contributed by atoms with van der Waals surface area (Å²) in [6.07, 6.45) is 0. The van der Waals surface area contributed by atoms with E-state index in [2.05, 4.69) is 0 Å². The lowest BCUT2D eigenvalue weighted by molar-refractivity contribution is 0.0522. The SMILES string of the molecule is CCOC(=O)c1cc(C)c(C#N)cc1CO. The molecule has 84 valence electrons. The molecule has 4 nitrogen and oxygen atoms in total. The molecule has 0 aliphatic carbocycles. The van der Waals surface area contributed by atoms with Crippen molar-refractivity contribution in [2.24, 2.45) is 0 Å². The van der Waals surface area contributed by atoms with Gasteiger partial charge in [-0.3, -0.25) is 0 Å². The third kappa shape index (κ3) is 2.38. The van der Waals surface area contributed by atoms with Crippen LogP contribution in [0.3, 0.4) is 0 Å². The number of hydrogen-bond donors (Lipinski definition) is 1. The zero-order chi connectivity index (χ0) is 12.1. The minimum Gasteiger partial charge on any atom is -0.462 e. The second-order valence-corrected chi connectivity index (χ2v) is 3.31. The van der Waals surface area contributed by atoms with Crippen molar-refractivity contribution in [3.8, 4) is 6.07 Å². The van der Waals surface area contributed by atoms with E-state index in [9.17, 15) is 4.79 Å². The van der Waals surface area contributed by atoms with Crippen LogP contribution in [0.2, 0.25) is 0 Å². The van der Waals surface area contributed by atoms with Gasteiger partial charge in [-0.2, -0.15) is 5.26 Å². The van der Waals surface area contributed by atoms with Crippen molar-refractivity contribution < 1.29 is 14.6 Å². The van der Waals surface area contributed by atoms with Crippen LogP contribution in [0.15, 0.2) is 12.1 Å². The van der Waals surface area contributed by atoms with Crippen molar-refractivity contribution in [2.75, 3.05) is 6.61 Å². The van der Waals surface area contributed by atoms with E-state index in [-0.39, 0.29) is 13.2 Å². The van der Waals surface area contributed by atoms with E-state index in [0.717, 1.165) is 0 Å². The molecule has 1 N–H and O–H groups in total. The van der Waals surface area contributed by atoms with Gasteiger partial charge in [0, 0.05) is 0 Å². The molecule has 0 heterocycles. The summed E-state index contributed by atoms with van der Waals surface area (Å²) in [5.41, 5.74) is 1.89. The molecule has 0 spiro atoms. The molecule has 0 radical (unpaired) electrons. The maximum absolute atomic E-state index is 11.6. The van der Waals surface area contributed by atoms with E-state index >= 15 is 0 Å². The number of aliphatic hydroxyl groups excluding tert-OH is 1. The quantitative estimate of drug-likeness (QED) is 0.783. The van der Waals surface area contributed by atoms with Crippen molar-refractivity contribution in [3.05, 3.63) is 34.4 Å². The Hall–Kier alpha value is -1.86. The lowest BCUT2D eigenvalue weighted by Gasteiger charge is -2.09. The van der Waals surface area contributed by atoms with Crippen LogP contribution in [-0.4, -0.2) is 17.7 Å². The van der Waals surface area contributed by atoms with Crippen LogP contribution in [0.25, 0.3) is 0 Å². The first-order valence-corrected chi connectivity index (χ1v) is 4.95. The van der Waals surface area contributed by atoms with E-state index in [4.69, 9.17) is 15.1 Å². The van der Waals surface area contributed by atoms with Crippen molar-refractivity contribution >= 4 is 5.97 Å². The van der Waals surface area contributed by atoms with E-state index < -0.39 is 5.97 Å². The Morgan fingerprint density at radius 1 is 1.56 bits per heavy atom. The average molecular weight is 219 g/mol. The zero-order valence-corrected chi connectivity index (χ0v) is 9.28. The Morgan fingerprint density at radius 2 is 2.25 bits per heavy atom. The molecule has 0 amide bonds. The summed E-state index contributed by atoms with van der Waals surface area (Å²) in [5.74, 6) is -0.473. The number of aliphatic hydroxyl groups is 1. The van der Waals surface area contributed by atoms with Crippen molar-refractivity contribution in [3.63, 3.8) is 0 Å². The lowest BCUT2D eigenvalue weighted by Crippen LogP contribution is -2.09. The molecule has 0 saturated carbocycles. The first-order valence-electron chi connectivity index (χ1n) is 4.95. The number of benzene rings is 1. The van der Waals surface area contributed by atoms with Crippen molar-refractivity contribution in [2.45, 2.75) is 20.5 Å². The van der Waals surface area contributed by atoms with Gasteiger partial charge < -0.3 is 9.84 Å². The number of hydrogen-bond acceptors (Lipinski definition) is 4. The van der Waals surface area contributed by atoms with Crippen molar-refractivity contribution in [1.29, 1.82) is 5.26 Å². The second kappa shape index (κ2) is 5.29. The normalized spacial score (nSPS) is 9.62. The number of nitriles is 1. The van der Waals surface area contributed by atoms with Gasteiger partial charge in [-0.25, -0.2) is 4.79 Å². The van der Waals surface area contributed by atoms with Gasteiger partial charge in [-0.05, 0) is 37.1 Å². The zero-order valence-electron chi connectivity index (χ0n) is 9.28. The summed E-state index contributed by atoms with van der Waals surface area (Å²) in [7, 11) is 0. The van der Waals surface area contributed by atoms with Gasteiger partial charge in [0.15, 0.2) is 0 Å². The topological polar surface area (TPSA) is 70.3 Å². The summed E-state index contributed by atoms with van der Waals surface area (Å²) in [5, 5.41) is 18.0. The number of rotatable bonds is 3. The highest BCUT2D eigenvalue weighted by Crippen LogP contribution is 2.17. The molecular weight excluding hydrogens is 206 g/mol. The summed E-state index contributed by atoms with van der Waals surface area (Å²) in [6.45, 7) is 3.45. The summed E-state index contributed by atoms with van der Waals surface area (Å²) in [4.78, 5) is 11.6. The predicted molar refractivity (Wildman–Crippen MR) is 57.8 cm³/mol. The fourth-order valence-corrected chi connectivity index (χ4v) is 1.40. The van der Waals surface area contributed by atoms with Crippen LogP contribution in [-0.2, 0) is 11.3 Å². The first kappa shape index (κ1) is 12.2. The maximum Gasteiger partial charge on any atom is 0.338 e. The van der Waals surface area contributed by atoms with Gasteiger partial charge >= 0.3 is 5.97 Å². The maximum atomic E-state index is 11.6. The molecule has 16 heavy (non-hydrogen) atoms. The van der Waals surface area contributed by atoms with Gasteiger partial charge in [-0.1, -0.05) is 0 Å². The van der Waals surface area contributed by atoms with Gasteiger partial charge in [0.05, 0.1) is 30.4 Å². The van der Waals surface area contributed by atoms with E-state index in [0.29, 0.717) is 22.3 Å². The smallest absolute Gasteiger partial charge is 0.338 e. The first-order chi connectivity index (χ1) is 7.63. The number of carbonyl (C=O) groups is 1. The van der Waals surface area contributed by atoms with Crippen molar-refractivity contribution in [1.82, 2.24) is 0 Å². The molecule has 0 bridgehead atoms. The molecule has 0 aliphatic rings. The van der Waals surface area contributed by atoms with Gasteiger partial charge in [0.2, 0.25) is 0 Å². The number of aryl methyl sites for hydroxylation is 1. The van der Waals surface area contributed by atoms with Crippen LogP contribution in [0.5, 0.6) is 0 Å². The molecule has 0 saturated heterocycles. The Balaban J connectivity index is 3.24. The van der Waals surface area contributed by atoms with E-state index in [1.165, 1.54) is 6.07 Å². The largest absolute Gasteiger partial charge is 0.462 e. The Labute approximate surface area is 94.1 Å². The highest BCUT2D eigenvalue weighted by atomic mass is 16.5. The van der Waals surface area contributed by atoms with E-state index in [1.54, 1.807) is 19.9 Å². The molecule has 0 aliphatic heterocycles. The predicted octanol–water partition coefficient (Wildman–Crippen LogP) is 1.54. The fourth-order valence-electron chi connectivity index (χ4n) is 1.40. The molecule has 0 atom stereocenters. The van der Waals surface area contributed by atoms with Crippen LogP contribution < -0.4 is 0 Å². The molecule has 0 fully saturated rings. The van der Waals surface area contributed by atoms with E-state index in [1.807, 2.05) is 6.07 Å². The summed E-state index contributed by atoms with van der Waals surface area (Å²) < 4.78 is 4.87. The van der Waals surface area contributed by atoms with Gasteiger partial charge in [-0.15, -0.1) is 0 Å². The highest BCUT2D eigenvalue weighted by molar-refractivity contribution is 5.91. The third-order valence-corrected chi connectivity index (χ3v) is 2.24. The third-order valence-electron chi connectivity index (χ3n) is 2.24. The number of nitrogens with zero attached hydrogens (tertiary/aromatic N) is 1. The van der Waals surface area contributed by atoms with Crippen LogP contribution in [0.1, 0.15) is 34.0 Å². The van der Waals surface area contributed by atoms with Gasteiger partial charge in [0.25, 0.3) is 0 Å². The van der Waals surface area contributed by atoms with Crippen LogP contribution >= 0.6 is 0 Å². The molecule has 0 aromatic heterocycles. The van der Waals surface area contributed by atoms with Crippen LogP contribution in [0.4, 0.5) is 0 Å². The highest BCUT2D eigenvalue weighted by Gasteiger charge is 2.14. The molecule has 0 unspecified atom stereocenters. The monoisotopic (exact) mass is 219 g/mol. The molecule has 1 rings (SSSR count). The molecule has 1 aromatic carbocycles. The molecule has 1 aromatic rings. The van der Waals surface area contributed by atoms with Gasteiger partial charge in [0.1, 0.15) is 0 Å². The standard InChI is InChI=1S/C12H13NO3/c1-3-16-12(15)11-4-8(2)9(6-13)5-10(11)7-14/h4-5,14H,3,7H2,1-2H3. The minimum atomic E-state index is -0.473. The molecule has 4 heteroatoms. The van der Waals surface area contributed by atoms with Crippen LogP contribution in [0, 0.1) is 18.3 Å². The number of esters is 1. The minimum absolute atomic E-state index is 0.281. The summed E-state index contributed by atoms with van der Waals surface area (Å²) >= 11 is 0. The Bertz CT molecular complexity index is 446. The Morgan fingerprint density at radius 3 is 2.75 bits per heavy atom. The fraction of sp³-hybridized carbons (Fsp3) is 0.333.